The van der Waals surface area contributed by atoms with Gasteiger partial charge in [0.2, 0.25) is 5.91 Å². The lowest BCUT2D eigenvalue weighted by atomic mass is 10.1. The molecule has 5 nitrogen and oxygen atoms in total. The van der Waals surface area contributed by atoms with Crippen LogP contribution in [0.15, 0.2) is 34.9 Å². The number of aryl methyl sites for hydroxylation is 2. The van der Waals surface area contributed by atoms with Crippen LogP contribution in [-0.4, -0.2) is 30.1 Å². The SMILES string of the molecule is Cc1ccc(-c2cnc(CCC(=O)NCCCOC(C)C)o2)cc1. The molecule has 2 aromatic rings. The largest absolute Gasteiger partial charge is 0.441 e. The minimum absolute atomic E-state index is 0.00892. The van der Waals surface area contributed by atoms with Crippen LogP contribution in [-0.2, 0) is 16.0 Å². The lowest BCUT2D eigenvalue weighted by Gasteiger charge is -2.07. The van der Waals surface area contributed by atoms with Crippen LogP contribution in [0.4, 0.5) is 0 Å². The Morgan fingerprint density at radius 1 is 1.29 bits per heavy atom. The van der Waals surface area contributed by atoms with E-state index >= 15 is 0 Å². The van der Waals surface area contributed by atoms with E-state index in [9.17, 15) is 4.79 Å². The Kier molecular flexibility index (Phi) is 7.00. The van der Waals surface area contributed by atoms with Gasteiger partial charge in [0, 0.05) is 31.6 Å². The Morgan fingerprint density at radius 3 is 2.75 bits per heavy atom. The van der Waals surface area contributed by atoms with Crippen LogP contribution < -0.4 is 5.32 Å². The Hall–Kier alpha value is -2.14. The second kappa shape index (κ2) is 9.23. The van der Waals surface area contributed by atoms with Crippen LogP contribution in [0.2, 0.25) is 0 Å². The van der Waals surface area contributed by atoms with Gasteiger partial charge in [-0.25, -0.2) is 4.98 Å². The molecular weight excluding hydrogens is 304 g/mol. The molecule has 0 aliphatic rings. The molecule has 1 N–H and O–H groups in total. The van der Waals surface area contributed by atoms with Crippen molar-refractivity contribution in [1.29, 1.82) is 0 Å². The van der Waals surface area contributed by atoms with E-state index in [1.54, 1.807) is 6.20 Å². The third-order valence-corrected chi connectivity index (χ3v) is 3.55. The monoisotopic (exact) mass is 330 g/mol. The van der Waals surface area contributed by atoms with Gasteiger partial charge in [-0.15, -0.1) is 0 Å². The molecule has 0 fully saturated rings. The fourth-order valence-electron chi connectivity index (χ4n) is 2.20. The molecule has 130 valence electrons. The average molecular weight is 330 g/mol. The maximum atomic E-state index is 11.8. The Labute approximate surface area is 143 Å². The van der Waals surface area contributed by atoms with Crippen molar-refractivity contribution in [2.75, 3.05) is 13.2 Å². The minimum atomic E-state index is 0.00892. The number of hydrogen-bond donors (Lipinski definition) is 1. The number of ether oxygens (including phenoxy) is 1. The minimum Gasteiger partial charge on any atom is -0.441 e. The molecule has 1 aromatic carbocycles. The van der Waals surface area contributed by atoms with Gasteiger partial charge in [-0.1, -0.05) is 29.8 Å². The number of benzene rings is 1. The summed E-state index contributed by atoms with van der Waals surface area (Å²) in [7, 11) is 0. The van der Waals surface area contributed by atoms with E-state index < -0.39 is 0 Å². The molecule has 1 aromatic heterocycles. The summed E-state index contributed by atoms with van der Waals surface area (Å²) in [5, 5.41) is 2.88. The van der Waals surface area contributed by atoms with Crippen LogP contribution in [0.1, 0.15) is 38.1 Å². The maximum Gasteiger partial charge on any atom is 0.220 e. The smallest absolute Gasteiger partial charge is 0.220 e. The predicted octanol–water partition coefficient (Wildman–Crippen LogP) is 3.51. The number of nitrogens with one attached hydrogen (secondary N) is 1. The van der Waals surface area contributed by atoms with Crippen LogP contribution in [0, 0.1) is 6.92 Å². The normalized spacial score (nSPS) is 11.0. The summed E-state index contributed by atoms with van der Waals surface area (Å²) in [5.41, 5.74) is 2.20. The first kappa shape index (κ1) is 18.2. The standard InChI is InChI=1S/C19H26N2O3/c1-14(2)23-12-4-11-20-18(22)9-10-19-21-13-17(24-19)16-7-5-15(3)6-8-16/h5-8,13-14H,4,9-12H2,1-3H3,(H,20,22). The summed E-state index contributed by atoms with van der Waals surface area (Å²) in [6, 6.07) is 8.08. The predicted molar refractivity (Wildman–Crippen MR) is 93.7 cm³/mol. The van der Waals surface area contributed by atoms with Crippen LogP contribution >= 0.6 is 0 Å². The molecule has 2 rings (SSSR count). The molecule has 0 bridgehead atoms. The van der Waals surface area contributed by atoms with Crippen molar-refractivity contribution in [3.8, 4) is 11.3 Å². The van der Waals surface area contributed by atoms with Crippen LogP contribution in [0.3, 0.4) is 0 Å². The summed E-state index contributed by atoms with van der Waals surface area (Å²) in [4.78, 5) is 16.1. The zero-order chi connectivity index (χ0) is 17.4. The van der Waals surface area contributed by atoms with Gasteiger partial charge < -0.3 is 14.5 Å². The number of amides is 1. The number of aromatic nitrogens is 1. The molecule has 0 atom stereocenters. The van der Waals surface area contributed by atoms with Crippen molar-refractivity contribution < 1.29 is 13.9 Å². The maximum absolute atomic E-state index is 11.8. The Balaban J connectivity index is 1.71. The van der Waals surface area contributed by atoms with E-state index in [0.29, 0.717) is 31.9 Å². The highest BCUT2D eigenvalue weighted by atomic mass is 16.5. The summed E-state index contributed by atoms with van der Waals surface area (Å²) >= 11 is 0. The quantitative estimate of drug-likeness (QED) is 0.715. The molecule has 1 heterocycles. The highest BCUT2D eigenvalue weighted by Crippen LogP contribution is 2.21. The molecule has 5 heteroatoms. The van der Waals surface area contributed by atoms with Gasteiger partial charge in [0.15, 0.2) is 11.7 Å². The number of oxazole rings is 1. The zero-order valence-corrected chi connectivity index (χ0v) is 14.7. The van der Waals surface area contributed by atoms with Crippen molar-refractivity contribution >= 4 is 5.91 Å². The van der Waals surface area contributed by atoms with Gasteiger partial charge in [0.1, 0.15) is 0 Å². The van der Waals surface area contributed by atoms with E-state index in [1.807, 2.05) is 45.0 Å². The van der Waals surface area contributed by atoms with Crippen LogP contribution in [0.25, 0.3) is 11.3 Å². The fraction of sp³-hybridized carbons (Fsp3) is 0.474. The summed E-state index contributed by atoms with van der Waals surface area (Å²) in [6.45, 7) is 7.34. The summed E-state index contributed by atoms with van der Waals surface area (Å²) in [6.07, 6.45) is 3.63. The number of nitrogens with zero attached hydrogens (tertiary/aromatic N) is 1. The van der Waals surface area contributed by atoms with Gasteiger partial charge in [0.25, 0.3) is 0 Å². The van der Waals surface area contributed by atoms with Crippen molar-refractivity contribution in [2.24, 2.45) is 0 Å². The Morgan fingerprint density at radius 2 is 2.04 bits per heavy atom. The topological polar surface area (TPSA) is 64.4 Å². The number of rotatable bonds is 9. The molecule has 0 aliphatic carbocycles. The molecule has 0 unspecified atom stereocenters. The molecule has 0 aliphatic heterocycles. The molecular formula is C19H26N2O3. The van der Waals surface area contributed by atoms with E-state index in [4.69, 9.17) is 9.15 Å². The lowest BCUT2D eigenvalue weighted by molar-refractivity contribution is -0.121. The first-order valence-corrected chi connectivity index (χ1v) is 8.44. The van der Waals surface area contributed by atoms with Gasteiger partial charge in [-0.3, -0.25) is 4.79 Å². The van der Waals surface area contributed by atoms with Gasteiger partial charge in [0.05, 0.1) is 12.3 Å². The molecule has 0 radical (unpaired) electrons. The average Bonchev–Trinajstić information content (AvgIpc) is 3.02. The second-order valence-corrected chi connectivity index (χ2v) is 6.11. The van der Waals surface area contributed by atoms with Crippen molar-refractivity contribution in [1.82, 2.24) is 10.3 Å². The van der Waals surface area contributed by atoms with Crippen molar-refractivity contribution in [3.63, 3.8) is 0 Å². The zero-order valence-electron chi connectivity index (χ0n) is 14.7. The summed E-state index contributed by atoms with van der Waals surface area (Å²) < 4.78 is 11.1. The van der Waals surface area contributed by atoms with Gasteiger partial charge >= 0.3 is 0 Å². The number of hydrogen-bond acceptors (Lipinski definition) is 4. The molecule has 1 amide bonds. The molecule has 0 saturated heterocycles. The van der Waals surface area contributed by atoms with E-state index in [2.05, 4.69) is 10.3 Å². The Bertz CT molecular complexity index is 632. The van der Waals surface area contributed by atoms with Crippen LogP contribution in [0.5, 0.6) is 0 Å². The molecule has 24 heavy (non-hydrogen) atoms. The number of carbonyl (C=O) groups is 1. The first-order chi connectivity index (χ1) is 11.5. The lowest BCUT2D eigenvalue weighted by Crippen LogP contribution is -2.25. The first-order valence-electron chi connectivity index (χ1n) is 8.44. The number of carbonyl (C=O) groups excluding carboxylic acids is 1. The van der Waals surface area contributed by atoms with Crippen molar-refractivity contribution in [2.45, 2.75) is 46.1 Å². The van der Waals surface area contributed by atoms with Gasteiger partial charge in [-0.05, 0) is 27.2 Å². The van der Waals surface area contributed by atoms with E-state index in [-0.39, 0.29) is 12.0 Å². The third-order valence-electron chi connectivity index (χ3n) is 3.55. The molecule has 0 saturated carbocycles. The van der Waals surface area contributed by atoms with Crippen molar-refractivity contribution in [3.05, 3.63) is 41.9 Å². The fourth-order valence-corrected chi connectivity index (χ4v) is 2.20. The van der Waals surface area contributed by atoms with E-state index in [0.717, 1.165) is 17.7 Å². The second-order valence-electron chi connectivity index (χ2n) is 6.11. The molecule has 0 spiro atoms. The highest BCUT2D eigenvalue weighted by molar-refractivity contribution is 5.76. The third kappa shape index (κ3) is 6.16. The van der Waals surface area contributed by atoms with E-state index in [1.165, 1.54) is 5.56 Å². The highest BCUT2D eigenvalue weighted by Gasteiger charge is 2.08. The summed E-state index contributed by atoms with van der Waals surface area (Å²) in [5.74, 6) is 1.33. The van der Waals surface area contributed by atoms with Gasteiger partial charge in [-0.2, -0.15) is 0 Å².